The number of amides is 2. The number of carbonyl (C=O) groups is 2. The number of hydrogen-bond acceptors (Lipinski definition) is 9. The molecule has 1 fully saturated rings. The number of benzene rings is 1. The maximum Gasteiger partial charge on any atom is 0.415 e. The van der Waals surface area contributed by atoms with Gasteiger partial charge in [-0.1, -0.05) is 0 Å². The van der Waals surface area contributed by atoms with Crippen molar-refractivity contribution < 1.29 is 28.2 Å². The minimum atomic E-state index is -0.518. The van der Waals surface area contributed by atoms with Crippen LogP contribution in [-0.2, 0) is 28.9 Å². The summed E-state index contributed by atoms with van der Waals surface area (Å²) in [5.41, 5.74) is 1.69. The van der Waals surface area contributed by atoms with Crippen LogP contribution >= 0.6 is 0 Å². The Hall–Kier alpha value is -4.26. The Morgan fingerprint density at radius 3 is 3.03 bits per heavy atom. The van der Waals surface area contributed by atoms with E-state index in [0.717, 1.165) is 17.5 Å². The van der Waals surface area contributed by atoms with Crippen LogP contribution in [0.25, 0.3) is 0 Å². The molecule has 2 amide bonds. The van der Waals surface area contributed by atoms with E-state index in [2.05, 4.69) is 25.2 Å². The van der Waals surface area contributed by atoms with E-state index in [-0.39, 0.29) is 48.0 Å². The molecule has 204 valence electrons. The monoisotopic (exact) mass is 537 g/mol. The first-order chi connectivity index (χ1) is 18.9. The fourth-order valence-corrected chi connectivity index (χ4v) is 5.10. The lowest BCUT2D eigenvalue weighted by Crippen LogP contribution is -2.35. The summed E-state index contributed by atoms with van der Waals surface area (Å²) in [4.78, 5) is 40.1. The summed E-state index contributed by atoms with van der Waals surface area (Å²) in [5.74, 6) is 0.635. The van der Waals surface area contributed by atoms with Crippen LogP contribution in [-0.4, -0.2) is 81.9 Å². The molecule has 0 spiro atoms. The Morgan fingerprint density at radius 1 is 1.28 bits per heavy atom. The molecule has 1 saturated heterocycles. The minimum absolute atomic E-state index is 0.122. The van der Waals surface area contributed by atoms with Crippen molar-refractivity contribution in [3.05, 3.63) is 54.0 Å². The number of imidazole rings is 1. The topological polar surface area (TPSA) is 124 Å². The summed E-state index contributed by atoms with van der Waals surface area (Å²) >= 11 is 0. The largest absolute Gasteiger partial charge is 0.492 e. The number of aromatic nitrogens is 4. The second kappa shape index (κ2) is 10.5. The van der Waals surface area contributed by atoms with Crippen LogP contribution in [0, 0.1) is 5.82 Å². The molecule has 13 heteroatoms. The molecule has 3 aliphatic rings. The van der Waals surface area contributed by atoms with Crippen molar-refractivity contribution in [3.8, 4) is 11.6 Å². The molecular weight excluding hydrogens is 509 g/mol. The number of ether oxygens (including phenoxy) is 3. The summed E-state index contributed by atoms with van der Waals surface area (Å²) in [6.07, 6.45) is 7.79. The quantitative estimate of drug-likeness (QED) is 0.437. The number of rotatable bonds is 9. The highest BCUT2D eigenvalue weighted by Gasteiger charge is 2.35. The first-order valence-electron chi connectivity index (χ1n) is 12.8. The van der Waals surface area contributed by atoms with Gasteiger partial charge in [0.15, 0.2) is 18.2 Å². The van der Waals surface area contributed by atoms with Crippen molar-refractivity contribution in [2.24, 2.45) is 0 Å². The predicted octanol–water partition coefficient (Wildman–Crippen LogP) is 2.04. The molecule has 1 N–H and O–H groups in total. The number of likely N-dealkylation sites (N-methyl/N-ethyl adjacent to an activating group) is 1. The van der Waals surface area contributed by atoms with E-state index < -0.39 is 6.09 Å². The average Bonchev–Trinajstić information content (AvgIpc) is 3.67. The summed E-state index contributed by atoms with van der Waals surface area (Å²) in [6.45, 7) is 1.92. The molecule has 1 aliphatic carbocycles. The molecule has 39 heavy (non-hydrogen) atoms. The standard InChI is InChI=1S/C26H28FN7O5/c1-32(17-8-16-9-19(11-21(27)20(16)10-17)37-7-6-33-5-3-28-15-33)4-2-18-13-34(26(36)39-18)22-12-29-25-24(30-22)31-23(35)14-38-25/h3,5,9,11-12,15,17-18H,2,4,6-8,10,13-14H2,1H3,(H,30,31,35). The van der Waals surface area contributed by atoms with E-state index >= 15 is 0 Å². The van der Waals surface area contributed by atoms with Gasteiger partial charge in [0.25, 0.3) is 11.8 Å². The normalized spacial score (nSPS) is 19.9. The summed E-state index contributed by atoms with van der Waals surface area (Å²) < 4.78 is 33.4. The SMILES string of the molecule is CN(CCC1CN(c2cnc3c(n2)NC(=O)CO3)C(=O)O1)C1Cc2cc(OCCn3ccnc3)cc(F)c2C1. The zero-order chi connectivity index (χ0) is 26.9. The second-order valence-electron chi connectivity index (χ2n) is 9.86. The number of cyclic esters (lactones) is 1. The van der Waals surface area contributed by atoms with Crippen molar-refractivity contribution in [2.45, 2.75) is 38.0 Å². The highest BCUT2D eigenvalue weighted by atomic mass is 19.1. The van der Waals surface area contributed by atoms with Crippen LogP contribution < -0.4 is 19.7 Å². The van der Waals surface area contributed by atoms with E-state index in [9.17, 15) is 14.0 Å². The number of anilines is 2. The molecule has 3 aromatic rings. The van der Waals surface area contributed by atoms with Crippen molar-refractivity contribution in [3.63, 3.8) is 0 Å². The van der Waals surface area contributed by atoms with Gasteiger partial charge >= 0.3 is 6.09 Å². The van der Waals surface area contributed by atoms with Gasteiger partial charge in [0.2, 0.25) is 0 Å². The van der Waals surface area contributed by atoms with E-state index in [1.165, 1.54) is 17.2 Å². The molecule has 0 radical (unpaired) electrons. The van der Waals surface area contributed by atoms with Gasteiger partial charge in [-0.3, -0.25) is 9.69 Å². The third-order valence-corrected chi connectivity index (χ3v) is 7.24. The molecule has 12 nitrogen and oxygen atoms in total. The number of halogens is 1. The lowest BCUT2D eigenvalue weighted by Gasteiger charge is -2.25. The van der Waals surface area contributed by atoms with Crippen molar-refractivity contribution in [1.29, 1.82) is 0 Å². The number of fused-ring (bicyclic) bond motifs is 2. The van der Waals surface area contributed by atoms with Gasteiger partial charge in [-0.2, -0.15) is 0 Å². The van der Waals surface area contributed by atoms with Gasteiger partial charge in [-0.25, -0.2) is 24.1 Å². The van der Waals surface area contributed by atoms with Crippen LogP contribution in [0.3, 0.4) is 0 Å². The molecule has 6 rings (SSSR count). The molecule has 2 aromatic heterocycles. The molecule has 4 heterocycles. The van der Waals surface area contributed by atoms with Crippen LogP contribution in [0.4, 0.5) is 20.8 Å². The smallest absolute Gasteiger partial charge is 0.415 e. The molecule has 2 aliphatic heterocycles. The Labute approximate surface area is 223 Å². The van der Waals surface area contributed by atoms with Crippen molar-refractivity contribution >= 4 is 23.6 Å². The fraction of sp³-hybridized carbons (Fsp3) is 0.423. The van der Waals surface area contributed by atoms with E-state index in [1.807, 2.05) is 23.9 Å². The number of nitrogens with one attached hydrogen (secondary N) is 1. The van der Waals surface area contributed by atoms with E-state index in [4.69, 9.17) is 14.2 Å². The Kier molecular flexibility index (Phi) is 6.73. The zero-order valence-electron chi connectivity index (χ0n) is 21.4. The highest BCUT2D eigenvalue weighted by molar-refractivity contribution is 5.94. The number of hydrogen-bond donors (Lipinski definition) is 1. The average molecular weight is 538 g/mol. The Bertz CT molecular complexity index is 1390. The van der Waals surface area contributed by atoms with Gasteiger partial charge in [-0.15, -0.1) is 0 Å². The van der Waals surface area contributed by atoms with Crippen LogP contribution in [0.2, 0.25) is 0 Å². The predicted molar refractivity (Wildman–Crippen MR) is 136 cm³/mol. The Balaban J connectivity index is 1.01. The van der Waals surface area contributed by atoms with Gasteiger partial charge in [0.05, 0.1) is 25.6 Å². The molecular formula is C26H28FN7O5. The molecule has 0 saturated carbocycles. The zero-order valence-corrected chi connectivity index (χ0v) is 21.4. The minimum Gasteiger partial charge on any atom is -0.492 e. The number of carbonyl (C=O) groups excluding carboxylic acids is 2. The van der Waals surface area contributed by atoms with Gasteiger partial charge in [0, 0.05) is 31.0 Å². The maximum absolute atomic E-state index is 14.9. The molecule has 2 unspecified atom stereocenters. The van der Waals surface area contributed by atoms with E-state index in [0.29, 0.717) is 44.8 Å². The lowest BCUT2D eigenvalue weighted by molar-refractivity contribution is -0.118. The van der Waals surface area contributed by atoms with Crippen LogP contribution in [0.15, 0.2) is 37.1 Å². The highest BCUT2D eigenvalue weighted by Crippen LogP contribution is 2.32. The fourth-order valence-electron chi connectivity index (χ4n) is 5.10. The second-order valence-corrected chi connectivity index (χ2v) is 9.86. The van der Waals surface area contributed by atoms with E-state index in [1.54, 1.807) is 12.5 Å². The first kappa shape index (κ1) is 25.0. The summed E-state index contributed by atoms with van der Waals surface area (Å²) in [5, 5.41) is 2.59. The first-order valence-corrected chi connectivity index (χ1v) is 12.8. The lowest BCUT2D eigenvalue weighted by atomic mass is 10.1. The summed E-state index contributed by atoms with van der Waals surface area (Å²) in [7, 11) is 2.00. The van der Waals surface area contributed by atoms with Crippen LogP contribution in [0.1, 0.15) is 17.5 Å². The van der Waals surface area contributed by atoms with Gasteiger partial charge in [0.1, 0.15) is 24.3 Å². The van der Waals surface area contributed by atoms with Crippen LogP contribution in [0.5, 0.6) is 11.6 Å². The van der Waals surface area contributed by atoms with Gasteiger partial charge in [-0.05, 0) is 43.5 Å². The van der Waals surface area contributed by atoms with Crippen molar-refractivity contribution in [1.82, 2.24) is 24.4 Å². The molecule has 2 atom stereocenters. The summed E-state index contributed by atoms with van der Waals surface area (Å²) in [6, 6.07) is 3.53. The third kappa shape index (κ3) is 5.35. The van der Waals surface area contributed by atoms with Gasteiger partial charge < -0.3 is 29.0 Å². The number of nitrogens with zero attached hydrogens (tertiary/aromatic N) is 6. The Morgan fingerprint density at radius 2 is 2.18 bits per heavy atom. The maximum atomic E-state index is 14.9. The molecule has 0 bridgehead atoms. The van der Waals surface area contributed by atoms with Crippen molar-refractivity contribution in [2.75, 3.05) is 43.6 Å². The molecule has 1 aromatic carbocycles. The third-order valence-electron chi connectivity index (χ3n) is 7.24.